The fourth-order valence-corrected chi connectivity index (χ4v) is 3.24. The van der Waals surface area contributed by atoms with Crippen molar-refractivity contribution in [3.63, 3.8) is 0 Å². The van der Waals surface area contributed by atoms with E-state index in [1.807, 2.05) is 0 Å². The van der Waals surface area contributed by atoms with Gasteiger partial charge in [0.05, 0.1) is 0 Å². The van der Waals surface area contributed by atoms with Crippen molar-refractivity contribution in [2.24, 2.45) is 23.0 Å². The summed E-state index contributed by atoms with van der Waals surface area (Å²) in [5, 5.41) is 0. The molecule has 0 aromatic carbocycles. The Morgan fingerprint density at radius 2 is 1.84 bits per heavy atom. The molecule has 1 saturated carbocycles. The largest absolute Gasteiger partial charge is 0.399 e. The molecule has 1 rings (SSSR count). The second-order valence-corrected chi connectivity index (χ2v) is 7.36. The number of allylic oxidation sites excluding steroid dienone is 3. The van der Waals surface area contributed by atoms with Gasteiger partial charge < -0.3 is 5.73 Å². The Labute approximate surface area is 120 Å². The molecular formula is C18H33N. The average Bonchev–Trinajstić information content (AvgIpc) is 2.34. The lowest BCUT2D eigenvalue weighted by Gasteiger charge is -2.22. The standard InChI is InChI=1S/C18H33N/c1-15(2)14-18(3,4)13-12-17(19)11-10-16-8-6-5-7-9-16/h11-13,15-16H,5-10,14,19H2,1-4H3/b13-12-,17-11+. The van der Waals surface area contributed by atoms with E-state index >= 15 is 0 Å². The lowest BCUT2D eigenvalue weighted by molar-refractivity contribution is 0.361. The zero-order chi connectivity index (χ0) is 14.3. The maximum absolute atomic E-state index is 6.10. The second-order valence-electron chi connectivity index (χ2n) is 7.36. The van der Waals surface area contributed by atoms with Crippen LogP contribution in [0.3, 0.4) is 0 Å². The van der Waals surface area contributed by atoms with Gasteiger partial charge in [0.1, 0.15) is 0 Å². The molecule has 110 valence electrons. The van der Waals surface area contributed by atoms with Crippen LogP contribution in [-0.4, -0.2) is 0 Å². The summed E-state index contributed by atoms with van der Waals surface area (Å²) in [6.07, 6.45) is 16.0. The van der Waals surface area contributed by atoms with Gasteiger partial charge in [0.25, 0.3) is 0 Å². The Kier molecular flexibility index (Phi) is 6.68. The molecule has 2 N–H and O–H groups in total. The van der Waals surface area contributed by atoms with Crippen LogP contribution >= 0.6 is 0 Å². The quantitative estimate of drug-likeness (QED) is 0.635. The zero-order valence-electron chi connectivity index (χ0n) is 13.4. The van der Waals surface area contributed by atoms with Gasteiger partial charge in [-0.1, -0.05) is 72.0 Å². The van der Waals surface area contributed by atoms with E-state index in [0.717, 1.165) is 17.5 Å². The van der Waals surface area contributed by atoms with E-state index in [9.17, 15) is 0 Å². The number of rotatable bonds is 6. The van der Waals surface area contributed by atoms with Crippen molar-refractivity contribution in [2.75, 3.05) is 0 Å². The zero-order valence-corrected chi connectivity index (χ0v) is 13.4. The van der Waals surface area contributed by atoms with Crippen LogP contribution in [0.5, 0.6) is 0 Å². The summed E-state index contributed by atoms with van der Waals surface area (Å²) in [7, 11) is 0. The van der Waals surface area contributed by atoms with E-state index in [1.165, 1.54) is 44.9 Å². The first kappa shape index (κ1) is 16.3. The Morgan fingerprint density at radius 3 is 2.42 bits per heavy atom. The molecule has 0 bridgehead atoms. The highest BCUT2D eigenvalue weighted by Crippen LogP contribution is 2.28. The van der Waals surface area contributed by atoms with Crippen LogP contribution in [0.15, 0.2) is 23.9 Å². The summed E-state index contributed by atoms with van der Waals surface area (Å²) in [5.74, 6) is 1.61. The molecule has 0 unspecified atom stereocenters. The van der Waals surface area contributed by atoms with Crippen molar-refractivity contribution in [2.45, 2.75) is 72.6 Å². The van der Waals surface area contributed by atoms with Gasteiger partial charge in [-0.3, -0.25) is 0 Å². The van der Waals surface area contributed by atoms with E-state index < -0.39 is 0 Å². The molecule has 0 saturated heterocycles. The molecule has 0 aromatic rings. The van der Waals surface area contributed by atoms with Crippen LogP contribution in [0.25, 0.3) is 0 Å². The van der Waals surface area contributed by atoms with Crippen molar-refractivity contribution in [3.8, 4) is 0 Å². The van der Waals surface area contributed by atoms with Crippen molar-refractivity contribution in [3.05, 3.63) is 23.9 Å². The molecule has 1 heteroatoms. The van der Waals surface area contributed by atoms with Crippen LogP contribution in [0.4, 0.5) is 0 Å². The number of hydrogen-bond acceptors (Lipinski definition) is 1. The van der Waals surface area contributed by atoms with Crippen molar-refractivity contribution in [1.82, 2.24) is 0 Å². The Morgan fingerprint density at radius 1 is 1.21 bits per heavy atom. The number of nitrogens with two attached hydrogens (primary N) is 1. The molecule has 0 spiro atoms. The van der Waals surface area contributed by atoms with E-state index in [0.29, 0.717) is 0 Å². The van der Waals surface area contributed by atoms with E-state index in [-0.39, 0.29) is 5.41 Å². The second kappa shape index (κ2) is 7.77. The monoisotopic (exact) mass is 263 g/mol. The van der Waals surface area contributed by atoms with Gasteiger partial charge >= 0.3 is 0 Å². The Hall–Kier alpha value is -0.720. The molecule has 1 fully saturated rings. The van der Waals surface area contributed by atoms with Crippen molar-refractivity contribution < 1.29 is 0 Å². The third-order valence-corrected chi connectivity index (χ3v) is 4.07. The van der Waals surface area contributed by atoms with E-state index in [4.69, 9.17) is 5.73 Å². The third-order valence-electron chi connectivity index (χ3n) is 4.07. The lowest BCUT2D eigenvalue weighted by atomic mass is 9.83. The first-order valence-electron chi connectivity index (χ1n) is 8.04. The fourth-order valence-electron chi connectivity index (χ4n) is 3.24. The Balaban J connectivity index is 2.41. The van der Waals surface area contributed by atoms with Crippen LogP contribution in [0.1, 0.15) is 72.6 Å². The highest BCUT2D eigenvalue weighted by atomic mass is 14.6. The predicted molar refractivity (Wildman–Crippen MR) is 85.8 cm³/mol. The molecule has 1 nitrogen and oxygen atoms in total. The van der Waals surface area contributed by atoms with Crippen LogP contribution in [0.2, 0.25) is 0 Å². The van der Waals surface area contributed by atoms with Crippen LogP contribution < -0.4 is 5.73 Å². The maximum atomic E-state index is 6.10. The molecular weight excluding hydrogens is 230 g/mol. The first-order chi connectivity index (χ1) is 8.89. The van der Waals surface area contributed by atoms with Gasteiger partial charge in [-0.05, 0) is 36.2 Å². The molecule has 0 heterocycles. The van der Waals surface area contributed by atoms with Crippen LogP contribution in [-0.2, 0) is 0 Å². The van der Waals surface area contributed by atoms with Crippen LogP contribution in [0, 0.1) is 17.3 Å². The lowest BCUT2D eigenvalue weighted by Crippen LogP contribution is -2.11. The molecule has 19 heavy (non-hydrogen) atoms. The summed E-state index contributed by atoms with van der Waals surface area (Å²) >= 11 is 0. The maximum Gasteiger partial charge on any atom is 0.0270 e. The molecule has 0 radical (unpaired) electrons. The fraction of sp³-hybridized carbons (Fsp3) is 0.778. The highest BCUT2D eigenvalue weighted by molar-refractivity contribution is 5.17. The highest BCUT2D eigenvalue weighted by Gasteiger charge is 2.15. The van der Waals surface area contributed by atoms with Gasteiger partial charge in [-0.25, -0.2) is 0 Å². The van der Waals surface area contributed by atoms with Crippen molar-refractivity contribution >= 4 is 0 Å². The molecule has 0 atom stereocenters. The van der Waals surface area contributed by atoms with Gasteiger partial charge in [-0.2, -0.15) is 0 Å². The summed E-state index contributed by atoms with van der Waals surface area (Å²) in [4.78, 5) is 0. The van der Waals surface area contributed by atoms with E-state index in [1.54, 1.807) is 0 Å². The summed E-state index contributed by atoms with van der Waals surface area (Å²) in [6.45, 7) is 9.13. The number of hydrogen-bond donors (Lipinski definition) is 1. The topological polar surface area (TPSA) is 26.0 Å². The molecule has 1 aliphatic rings. The van der Waals surface area contributed by atoms with Gasteiger partial charge in [0, 0.05) is 5.70 Å². The molecule has 0 amide bonds. The normalized spacial score (nSPS) is 19.5. The van der Waals surface area contributed by atoms with Gasteiger partial charge in [0.15, 0.2) is 0 Å². The summed E-state index contributed by atoms with van der Waals surface area (Å²) < 4.78 is 0. The van der Waals surface area contributed by atoms with Gasteiger partial charge in [0.2, 0.25) is 0 Å². The third kappa shape index (κ3) is 7.44. The molecule has 1 aliphatic carbocycles. The molecule has 0 aromatic heterocycles. The summed E-state index contributed by atoms with van der Waals surface area (Å²) in [5.41, 5.74) is 7.30. The minimum atomic E-state index is 0.247. The minimum absolute atomic E-state index is 0.247. The minimum Gasteiger partial charge on any atom is -0.399 e. The van der Waals surface area contributed by atoms with E-state index in [2.05, 4.69) is 45.9 Å². The first-order valence-corrected chi connectivity index (χ1v) is 8.04. The predicted octanol–water partition coefficient (Wildman–Crippen LogP) is 5.43. The van der Waals surface area contributed by atoms with Crippen molar-refractivity contribution in [1.29, 1.82) is 0 Å². The smallest absolute Gasteiger partial charge is 0.0270 e. The SMILES string of the molecule is CC(C)CC(C)(C)/C=C\C(N)=C/CC1CCCCC1. The summed E-state index contributed by atoms with van der Waals surface area (Å²) in [6, 6.07) is 0. The van der Waals surface area contributed by atoms with Gasteiger partial charge in [-0.15, -0.1) is 0 Å². The Bertz CT molecular complexity index is 304. The molecule has 0 aliphatic heterocycles. The average molecular weight is 263 g/mol.